The summed E-state index contributed by atoms with van der Waals surface area (Å²) in [6.07, 6.45) is 4.13. The van der Waals surface area contributed by atoms with E-state index in [1.165, 1.54) is 0 Å². The summed E-state index contributed by atoms with van der Waals surface area (Å²) >= 11 is 0. The molecule has 112 valence electrons. The zero-order valence-corrected chi connectivity index (χ0v) is 12.0. The summed E-state index contributed by atoms with van der Waals surface area (Å²) in [5.41, 5.74) is 1.13. The minimum absolute atomic E-state index is 0.0253. The molecule has 0 saturated heterocycles. The number of amides is 1. The molecule has 2 bridgehead atoms. The van der Waals surface area contributed by atoms with Gasteiger partial charge in [-0.15, -0.1) is 0 Å². The van der Waals surface area contributed by atoms with Crippen molar-refractivity contribution in [2.75, 3.05) is 0 Å². The van der Waals surface area contributed by atoms with Crippen molar-refractivity contribution < 1.29 is 14.7 Å². The van der Waals surface area contributed by atoms with Crippen molar-refractivity contribution in [1.82, 2.24) is 5.32 Å². The first kappa shape index (κ1) is 14.1. The van der Waals surface area contributed by atoms with E-state index in [2.05, 4.69) is 5.32 Å². The first-order chi connectivity index (χ1) is 10.1. The average Bonchev–Trinajstić information content (AvgIpc) is 3.07. The monoisotopic (exact) mass is 287 g/mol. The minimum Gasteiger partial charge on any atom is -0.481 e. The Labute approximate surface area is 124 Å². The lowest BCUT2D eigenvalue weighted by molar-refractivity contribution is -0.144. The van der Waals surface area contributed by atoms with Gasteiger partial charge < -0.3 is 10.4 Å². The molecule has 0 heterocycles. The molecule has 2 fully saturated rings. The van der Waals surface area contributed by atoms with Crippen molar-refractivity contribution in [3.63, 3.8) is 0 Å². The number of hydrogen-bond donors (Lipinski definition) is 2. The zero-order chi connectivity index (χ0) is 14.8. The molecular weight excluding hydrogens is 266 g/mol. The molecule has 2 aliphatic rings. The largest absolute Gasteiger partial charge is 0.481 e. The van der Waals surface area contributed by atoms with Gasteiger partial charge in [-0.1, -0.05) is 30.3 Å². The van der Waals surface area contributed by atoms with E-state index in [1.54, 1.807) is 0 Å². The number of carbonyl (C=O) groups is 2. The van der Waals surface area contributed by atoms with Gasteiger partial charge in [-0.25, -0.2) is 0 Å². The topological polar surface area (TPSA) is 66.4 Å². The van der Waals surface area contributed by atoms with E-state index in [0.717, 1.165) is 24.8 Å². The number of fused-ring (bicyclic) bond motifs is 2. The van der Waals surface area contributed by atoms with Crippen molar-refractivity contribution in [3.05, 3.63) is 35.9 Å². The van der Waals surface area contributed by atoms with E-state index in [9.17, 15) is 14.7 Å². The molecule has 0 radical (unpaired) electrons. The summed E-state index contributed by atoms with van der Waals surface area (Å²) in [6, 6.07) is 9.73. The second-order valence-corrected chi connectivity index (χ2v) is 6.28. The van der Waals surface area contributed by atoms with Crippen molar-refractivity contribution in [1.29, 1.82) is 0 Å². The molecule has 1 aromatic rings. The first-order valence-electron chi connectivity index (χ1n) is 7.71. The smallest absolute Gasteiger partial charge is 0.308 e. The Morgan fingerprint density at radius 3 is 2.57 bits per heavy atom. The van der Waals surface area contributed by atoms with Crippen LogP contribution in [0.5, 0.6) is 0 Å². The fourth-order valence-electron chi connectivity index (χ4n) is 4.01. The second-order valence-electron chi connectivity index (χ2n) is 6.28. The molecule has 21 heavy (non-hydrogen) atoms. The van der Waals surface area contributed by atoms with Gasteiger partial charge in [0.1, 0.15) is 0 Å². The molecule has 0 aromatic heterocycles. The molecule has 0 spiro atoms. The van der Waals surface area contributed by atoms with Crippen molar-refractivity contribution in [2.45, 2.75) is 38.1 Å². The minimum atomic E-state index is -0.754. The van der Waals surface area contributed by atoms with E-state index >= 15 is 0 Å². The fourth-order valence-corrected chi connectivity index (χ4v) is 4.01. The maximum atomic E-state index is 12.1. The Morgan fingerprint density at radius 2 is 1.86 bits per heavy atom. The first-order valence-corrected chi connectivity index (χ1v) is 7.71. The molecule has 4 unspecified atom stereocenters. The maximum Gasteiger partial charge on any atom is 0.308 e. The molecular formula is C17H21NO3. The molecule has 4 nitrogen and oxygen atoms in total. The Morgan fingerprint density at radius 1 is 1.14 bits per heavy atom. The van der Waals surface area contributed by atoms with Crippen LogP contribution in [0.1, 0.15) is 31.2 Å². The summed E-state index contributed by atoms with van der Waals surface area (Å²) < 4.78 is 0. The van der Waals surface area contributed by atoms with E-state index in [1.807, 2.05) is 30.3 Å². The predicted molar refractivity (Wildman–Crippen MR) is 78.7 cm³/mol. The van der Waals surface area contributed by atoms with Crippen LogP contribution in [-0.2, 0) is 16.0 Å². The van der Waals surface area contributed by atoms with Gasteiger partial charge in [0.15, 0.2) is 0 Å². The average molecular weight is 287 g/mol. The normalized spacial score (nSPS) is 30.3. The predicted octanol–water partition coefficient (Wildman–Crippen LogP) is 2.23. The maximum absolute atomic E-state index is 12.1. The highest BCUT2D eigenvalue weighted by atomic mass is 16.4. The van der Waals surface area contributed by atoms with Crippen LogP contribution < -0.4 is 5.32 Å². The Hall–Kier alpha value is -1.84. The molecule has 0 aliphatic heterocycles. The number of carboxylic acid groups (broad SMARTS) is 1. The molecule has 2 aliphatic carbocycles. The molecule has 1 amide bonds. The SMILES string of the molecule is O=C(CCc1ccccc1)NC1C2CCC(C2)C1C(=O)O. The van der Waals surface area contributed by atoms with Crippen LogP contribution in [0.3, 0.4) is 0 Å². The van der Waals surface area contributed by atoms with Gasteiger partial charge in [0.25, 0.3) is 0 Å². The molecule has 4 heteroatoms. The van der Waals surface area contributed by atoms with Crippen LogP contribution in [0.2, 0.25) is 0 Å². The number of nitrogens with one attached hydrogen (secondary N) is 1. The van der Waals surface area contributed by atoms with E-state index in [-0.39, 0.29) is 23.8 Å². The Bertz CT molecular complexity index is 528. The second kappa shape index (κ2) is 5.88. The number of carbonyl (C=O) groups excluding carboxylic acids is 1. The lowest BCUT2D eigenvalue weighted by atomic mass is 9.84. The van der Waals surface area contributed by atoms with Gasteiger partial charge >= 0.3 is 5.97 Å². The number of aliphatic carboxylic acids is 1. The Kier molecular flexibility index (Phi) is 3.95. The third kappa shape index (κ3) is 2.94. The highest BCUT2D eigenvalue weighted by Gasteiger charge is 2.51. The van der Waals surface area contributed by atoms with E-state index < -0.39 is 5.97 Å². The van der Waals surface area contributed by atoms with Gasteiger partial charge in [-0.2, -0.15) is 0 Å². The van der Waals surface area contributed by atoms with E-state index in [4.69, 9.17) is 0 Å². The van der Waals surface area contributed by atoms with Crippen molar-refractivity contribution in [3.8, 4) is 0 Å². The zero-order valence-electron chi connectivity index (χ0n) is 12.0. The standard InChI is InChI=1S/C17H21NO3/c19-14(9-6-11-4-2-1-3-5-11)18-16-13-8-7-12(10-13)15(16)17(20)21/h1-5,12-13,15-16H,6-10H2,(H,18,19)(H,20,21). The van der Waals surface area contributed by atoms with Gasteiger partial charge in [-0.3, -0.25) is 9.59 Å². The third-order valence-corrected chi connectivity index (χ3v) is 5.01. The number of aryl methyl sites for hydroxylation is 1. The number of carboxylic acids is 1. The van der Waals surface area contributed by atoms with Crippen LogP contribution >= 0.6 is 0 Å². The van der Waals surface area contributed by atoms with Gasteiger partial charge in [0.05, 0.1) is 5.92 Å². The van der Waals surface area contributed by atoms with Gasteiger partial charge in [0, 0.05) is 12.5 Å². The van der Waals surface area contributed by atoms with Crippen LogP contribution in [0.4, 0.5) is 0 Å². The highest BCUT2D eigenvalue weighted by molar-refractivity contribution is 5.79. The van der Waals surface area contributed by atoms with Crippen molar-refractivity contribution >= 4 is 11.9 Å². The third-order valence-electron chi connectivity index (χ3n) is 5.01. The number of benzene rings is 1. The summed E-state index contributed by atoms with van der Waals surface area (Å²) in [6.45, 7) is 0. The van der Waals surface area contributed by atoms with Crippen LogP contribution in [-0.4, -0.2) is 23.0 Å². The lowest BCUT2D eigenvalue weighted by Crippen LogP contribution is -2.46. The molecule has 2 N–H and O–H groups in total. The highest BCUT2D eigenvalue weighted by Crippen LogP contribution is 2.48. The lowest BCUT2D eigenvalue weighted by Gasteiger charge is -2.28. The summed E-state index contributed by atoms with van der Waals surface area (Å²) in [5.74, 6) is -0.550. The summed E-state index contributed by atoms with van der Waals surface area (Å²) in [5, 5.41) is 12.4. The molecule has 1 aromatic carbocycles. The number of hydrogen-bond acceptors (Lipinski definition) is 2. The van der Waals surface area contributed by atoms with Gasteiger partial charge in [-0.05, 0) is 43.1 Å². The molecule has 3 rings (SSSR count). The van der Waals surface area contributed by atoms with Crippen molar-refractivity contribution in [2.24, 2.45) is 17.8 Å². The summed E-state index contributed by atoms with van der Waals surface area (Å²) in [4.78, 5) is 23.5. The van der Waals surface area contributed by atoms with Crippen LogP contribution in [0.15, 0.2) is 30.3 Å². The van der Waals surface area contributed by atoms with E-state index in [0.29, 0.717) is 18.8 Å². The number of rotatable bonds is 5. The Balaban J connectivity index is 1.56. The van der Waals surface area contributed by atoms with Crippen LogP contribution in [0, 0.1) is 17.8 Å². The van der Waals surface area contributed by atoms with Gasteiger partial charge in [0.2, 0.25) is 5.91 Å². The summed E-state index contributed by atoms with van der Waals surface area (Å²) in [7, 11) is 0. The molecule has 4 atom stereocenters. The molecule has 2 saturated carbocycles. The quantitative estimate of drug-likeness (QED) is 0.872. The fraction of sp³-hybridized carbons (Fsp3) is 0.529. The van der Waals surface area contributed by atoms with Crippen LogP contribution in [0.25, 0.3) is 0 Å².